The molecule has 7 nitrogen and oxygen atoms in total. The van der Waals surface area contributed by atoms with Crippen LogP contribution >= 0.6 is 0 Å². The fourth-order valence-electron chi connectivity index (χ4n) is 1.53. The van der Waals surface area contributed by atoms with E-state index >= 15 is 0 Å². The zero-order chi connectivity index (χ0) is 13.2. The Morgan fingerprint density at radius 3 is 2.83 bits per heavy atom. The van der Waals surface area contributed by atoms with E-state index in [0.717, 1.165) is 18.7 Å². The van der Waals surface area contributed by atoms with Gasteiger partial charge in [0.2, 0.25) is 5.82 Å². The minimum absolute atomic E-state index is 0.0641. The number of H-pyrrole nitrogens is 1. The summed E-state index contributed by atoms with van der Waals surface area (Å²) in [4.78, 5) is 15.7. The number of aromatic nitrogens is 3. The molecule has 8 heteroatoms. The topological polar surface area (TPSA) is 105 Å². The lowest BCUT2D eigenvalue weighted by Gasteiger charge is -2.01. The van der Waals surface area contributed by atoms with Crippen LogP contribution in [-0.2, 0) is 9.84 Å². The maximum absolute atomic E-state index is 11.6. The van der Waals surface area contributed by atoms with E-state index in [4.69, 9.17) is 0 Å². The van der Waals surface area contributed by atoms with Gasteiger partial charge < -0.3 is 5.32 Å². The van der Waals surface area contributed by atoms with E-state index < -0.39 is 9.84 Å². The van der Waals surface area contributed by atoms with Gasteiger partial charge in [0.1, 0.15) is 15.7 Å². The normalized spacial score (nSPS) is 15.6. The van der Waals surface area contributed by atoms with Gasteiger partial charge in [0.05, 0.1) is 5.75 Å². The van der Waals surface area contributed by atoms with E-state index in [2.05, 4.69) is 20.5 Å². The molecule has 0 aromatic carbocycles. The first-order chi connectivity index (χ1) is 8.46. The Bertz CT molecular complexity index is 533. The number of rotatable bonds is 6. The second-order valence-corrected chi connectivity index (χ2v) is 6.82. The van der Waals surface area contributed by atoms with E-state index in [0.29, 0.717) is 18.9 Å². The summed E-state index contributed by atoms with van der Waals surface area (Å²) < 4.78 is 21.8. The van der Waals surface area contributed by atoms with E-state index in [1.807, 2.05) is 0 Å². The number of carbonyl (C=O) groups is 1. The van der Waals surface area contributed by atoms with Crippen molar-refractivity contribution in [2.75, 3.05) is 18.6 Å². The van der Waals surface area contributed by atoms with Crippen LogP contribution in [0, 0.1) is 0 Å². The van der Waals surface area contributed by atoms with Gasteiger partial charge in [-0.15, -0.1) is 5.10 Å². The average molecular weight is 272 g/mol. The first kappa shape index (κ1) is 13.0. The summed E-state index contributed by atoms with van der Waals surface area (Å²) in [6.45, 7) is 0.305. The van der Waals surface area contributed by atoms with Crippen LogP contribution < -0.4 is 5.32 Å². The monoisotopic (exact) mass is 272 g/mol. The van der Waals surface area contributed by atoms with Gasteiger partial charge in [-0.3, -0.25) is 9.89 Å². The van der Waals surface area contributed by atoms with Crippen molar-refractivity contribution in [3.05, 3.63) is 11.6 Å². The van der Waals surface area contributed by atoms with Gasteiger partial charge in [0, 0.05) is 18.7 Å². The van der Waals surface area contributed by atoms with Gasteiger partial charge in [0.15, 0.2) is 0 Å². The smallest absolute Gasteiger partial charge is 0.290 e. The van der Waals surface area contributed by atoms with Crippen LogP contribution in [-0.4, -0.2) is 48.1 Å². The number of aromatic amines is 1. The van der Waals surface area contributed by atoms with Crippen LogP contribution in [0.4, 0.5) is 0 Å². The van der Waals surface area contributed by atoms with Crippen LogP contribution in [0.15, 0.2) is 0 Å². The molecule has 1 amide bonds. The van der Waals surface area contributed by atoms with E-state index in [1.165, 1.54) is 6.26 Å². The number of hydrogen-bond donors (Lipinski definition) is 2. The summed E-state index contributed by atoms with van der Waals surface area (Å²) in [6, 6.07) is 0. The van der Waals surface area contributed by atoms with Crippen molar-refractivity contribution in [1.29, 1.82) is 0 Å². The molecular formula is C10H16N4O3S. The number of nitrogens with zero attached hydrogens (tertiary/aromatic N) is 2. The van der Waals surface area contributed by atoms with Crippen molar-refractivity contribution in [3.63, 3.8) is 0 Å². The molecular weight excluding hydrogens is 256 g/mol. The Morgan fingerprint density at radius 1 is 1.50 bits per heavy atom. The maximum Gasteiger partial charge on any atom is 0.290 e. The van der Waals surface area contributed by atoms with Gasteiger partial charge in [-0.05, 0) is 19.3 Å². The number of amides is 1. The molecule has 1 heterocycles. The van der Waals surface area contributed by atoms with Gasteiger partial charge in [-0.2, -0.15) is 0 Å². The molecule has 18 heavy (non-hydrogen) atoms. The number of nitrogens with one attached hydrogen (secondary N) is 2. The fraction of sp³-hybridized carbons (Fsp3) is 0.700. The Morgan fingerprint density at radius 2 is 2.22 bits per heavy atom. The molecule has 0 unspecified atom stereocenters. The molecule has 1 aliphatic carbocycles. The molecule has 1 aromatic rings. The third-order valence-corrected chi connectivity index (χ3v) is 3.68. The summed E-state index contributed by atoms with van der Waals surface area (Å²) >= 11 is 0. The summed E-state index contributed by atoms with van der Waals surface area (Å²) in [5.74, 6) is 0.998. The van der Waals surface area contributed by atoms with Crippen molar-refractivity contribution in [3.8, 4) is 0 Å². The third kappa shape index (κ3) is 3.80. The van der Waals surface area contributed by atoms with Crippen molar-refractivity contribution < 1.29 is 13.2 Å². The maximum atomic E-state index is 11.6. The fourth-order valence-corrected chi connectivity index (χ4v) is 2.20. The van der Waals surface area contributed by atoms with E-state index in [9.17, 15) is 13.2 Å². The standard InChI is InChI=1S/C10H16N4O3S/c1-18(16,17)6-2-5-11-10(15)9-12-8(13-14-9)7-3-4-7/h7H,2-6H2,1H3,(H,11,15)(H,12,13,14). The summed E-state index contributed by atoms with van der Waals surface area (Å²) in [5, 5.41) is 9.18. The van der Waals surface area contributed by atoms with Crippen molar-refractivity contribution in [2.24, 2.45) is 0 Å². The Labute approximate surface area is 105 Å². The highest BCUT2D eigenvalue weighted by Gasteiger charge is 2.28. The SMILES string of the molecule is CS(=O)(=O)CCCNC(=O)c1n[nH]c(C2CC2)n1. The minimum atomic E-state index is -2.97. The molecule has 2 N–H and O–H groups in total. The Kier molecular flexibility index (Phi) is 3.65. The van der Waals surface area contributed by atoms with E-state index in [-0.39, 0.29) is 17.5 Å². The molecule has 100 valence electrons. The zero-order valence-electron chi connectivity index (χ0n) is 10.1. The van der Waals surface area contributed by atoms with Gasteiger partial charge in [-0.25, -0.2) is 13.4 Å². The zero-order valence-corrected chi connectivity index (χ0v) is 11.0. The Hall–Kier alpha value is -1.44. The first-order valence-corrected chi connectivity index (χ1v) is 7.90. The molecule has 0 aliphatic heterocycles. The highest BCUT2D eigenvalue weighted by Crippen LogP contribution is 2.37. The van der Waals surface area contributed by atoms with Gasteiger partial charge in [0.25, 0.3) is 5.91 Å². The van der Waals surface area contributed by atoms with Crippen LogP contribution in [0.2, 0.25) is 0 Å². The van der Waals surface area contributed by atoms with E-state index in [1.54, 1.807) is 0 Å². The second-order valence-electron chi connectivity index (χ2n) is 4.56. The lowest BCUT2D eigenvalue weighted by molar-refractivity contribution is 0.0943. The average Bonchev–Trinajstić information content (AvgIpc) is 3.01. The number of carbonyl (C=O) groups excluding carboxylic acids is 1. The molecule has 0 radical (unpaired) electrons. The summed E-state index contributed by atoms with van der Waals surface area (Å²) in [7, 11) is -2.97. The van der Waals surface area contributed by atoms with Crippen LogP contribution in [0.5, 0.6) is 0 Å². The lowest BCUT2D eigenvalue weighted by atomic mass is 10.4. The number of sulfone groups is 1. The lowest BCUT2D eigenvalue weighted by Crippen LogP contribution is -2.26. The van der Waals surface area contributed by atoms with Gasteiger partial charge in [-0.1, -0.05) is 0 Å². The predicted molar refractivity (Wildman–Crippen MR) is 65.0 cm³/mol. The van der Waals surface area contributed by atoms with Crippen LogP contribution in [0.1, 0.15) is 41.6 Å². The largest absolute Gasteiger partial charge is 0.349 e. The Balaban J connectivity index is 1.76. The molecule has 1 saturated carbocycles. The first-order valence-electron chi connectivity index (χ1n) is 5.84. The summed E-state index contributed by atoms with van der Waals surface area (Å²) in [5.41, 5.74) is 0. The molecule has 0 atom stereocenters. The summed E-state index contributed by atoms with van der Waals surface area (Å²) in [6.07, 6.45) is 3.74. The molecule has 0 bridgehead atoms. The molecule has 0 spiro atoms. The highest BCUT2D eigenvalue weighted by molar-refractivity contribution is 7.90. The molecule has 1 fully saturated rings. The highest BCUT2D eigenvalue weighted by atomic mass is 32.2. The van der Waals surface area contributed by atoms with Crippen molar-refractivity contribution in [2.45, 2.75) is 25.2 Å². The third-order valence-electron chi connectivity index (χ3n) is 2.65. The second kappa shape index (κ2) is 5.05. The van der Waals surface area contributed by atoms with Crippen molar-refractivity contribution >= 4 is 15.7 Å². The molecule has 2 rings (SSSR count). The molecule has 1 aromatic heterocycles. The quantitative estimate of drug-likeness (QED) is 0.700. The molecule has 1 aliphatic rings. The number of hydrogen-bond acceptors (Lipinski definition) is 5. The van der Waals surface area contributed by atoms with Crippen molar-refractivity contribution in [1.82, 2.24) is 20.5 Å². The predicted octanol–water partition coefficient (Wildman–Crippen LogP) is -0.153. The molecule has 0 saturated heterocycles. The van der Waals surface area contributed by atoms with Gasteiger partial charge >= 0.3 is 0 Å². The van der Waals surface area contributed by atoms with Crippen LogP contribution in [0.25, 0.3) is 0 Å². The van der Waals surface area contributed by atoms with Crippen LogP contribution in [0.3, 0.4) is 0 Å². The minimum Gasteiger partial charge on any atom is -0.349 e.